The number of sulfonamides is 1. The van der Waals surface area contributed by atoms with Crippen LogP contribution in [0.5, 0.6) is 5.75 Å². The van der Waals surface area contributed by atoms with E-state index in [1.54, 1.807) is 24.3 Å². The zero-order valence-electron chi connectivity index (χ0n) is 15.5. The normalized spacial score (nSPS) is 15.1. The van der Waals surface area contributed by atoms with Gasteiger partial charge in [0.1, 0.15) is 6.20 Å². The highest BCUT2D eigenvalue weighted by molar-refractivity contribution is 7.88. The maximum Gasteiger partial charge on any atom is 0.406 e. The summed E-state index contributed by atoms with van der Waals surface area (Å²) >= 11 is 0. The molecule has 1 aliphatic rings. The number of aromatic nitrogens is 1. The summed E-state index contributed by atoms with van der Waals surface area (Å²) in [6.45, 7) is 0.446. The molecule has 0 bridgehead atoms. The number of benzene rings is 1. The number of piperazine rings is 1. The van der Waals surface area contributed by atoms with Gasteiger partial charge < -0.3 is 19.8 Å². The van der Waals surface area contributed by atoms with Crippen molar-refractivity contribution in [2.75, 3.05) is 32.8 Å². The second-order valence-corrected chi connectivity index (χ2v) is 8.36. The lowest BCUT2D eigenvalue weighted by molar-refractivity contribution is -0.390. The van der Waals surface area contributed by atoms with Crippen LogP contribution in [0.2, 0.25) is 0 Å². The van der Waals surface area contributed by atoms with Gasteiger partial charge in [-0.2, -0.15) is 4.31 Å². The Kier molecular flexibility index (Phi) is 6.39. The molecule has 0 unspecified atom stereocenters. The van der Waals surface area contributed by atoms with Gasteiger partial charge in [0.05, 0.1) is 5.75 Å². The van der Waals surface area contributed by atoms with E-state index in [-0.39, 0.29) is 50.2 Å². The lowest BCUT2D eigenvalue weighted by Gasteiger charge is -2.34. The summed E-state index contributed by atoms with van der Waals surface area (Å²) in [6.07, 6.45) is 1.27. The van der Waals surface area contributed by atoms with E-state index in [4.69, 9.17) is 4.74 Å². The van der Waals surface area contributed by atoms with Crippen LogP contribution in [0.15, 0.2) is 48.7 Å². The van der Waals surface area contributed by atoms with Crippen molar-refractivity contribution < 1.29 is 22.9 Å². The van der Waals surface area contributed by atoms with Crippen LogP contribution in [0.1, 0.15) is 5.56 Å². The first kappa shape index (κ1) is 20.7. The van der Waals surface area contributed by atoms with Crippen LogP contribution in [-0.2, 0) is 20.6 Å². The summed E-state index contributed by atoms with van der Waals surface area (Å²) < 4.78 is 31.8. The van der Waals surface area contributed by atoms with Crippen LogP contribution < -0.4 is 4.74 Å². The third-order valence-corrected chi connectivity index (χ3v) is 6.30. The smallest absolute Gasteiger partial charge is 0.406 e. The maximum atomic E-state index is 12.6. The van der Waals surface area contributed by atoms with Crippen LogP contribution in [0.25, 0.3) is 0 Å². The van der Waals surface area contributed by atoms with Gasteiger partial charge in [-0.1, -0.05) is 30.3 Å². The van der Waals surface area contributed by atoms with Gasteiger partial charge in [0.15, 0.2) is 6.61 Å². The van der Waals surface area contributed by atoms with Gasteiger partial charge in [0.25, 0.3) is 5.91 Å². The van der Waals surface area contributed by atoms with Gasteiger partial charge in [0, 0.05) is 26.2 Å². The number of ether oxygens (including phenoxy) is 1. The van der Waals surface area contributed by atoms with E-state index < -0.39 is 20.8 Å². The van der Waals surface area contributed by atoms with Crippen molar-refractivity contribution in [3.05, 3.63) is 64.3 Å². The van der Waals surface area contributed by atoms with Crippen LogP contribution in [0.3, 0.4) is 0 Å². The highest BCUT2D eigenvalue weighted by Gasteiger charge is 2.29. The Labute approximate surface area is 167 Å². The van der Waals surface area contributed by atoms with Crippen molar-refractivity contribution in [3.63, 3.8) is 0 Å². The van der Waals surface area contributed by atoms with Gasteiger partial charge in [-0.3, -0.25) is 4.79 Å². The molecular weight excluding hydrogens is 400 g/mol. The lowest BCUT2D eigenvalue weighted by atomic mass is 10.2. The summed E-state index contributed by atoms with van der Waals surface area (Å²) in [5.41, 5.74) is 0.706. The van der Waals surface area contributed by atoms with Crippen molar-refractivity contribution in [2.24, 2.45) is 0 Å². The number of pyridine rings is 1. The standard InChI is InChI=1S/C18H20N4O6S/c23-17(13-28-16-7-4-8-19-18(16)22(24)25)20-9-11-21(12-10-20)29(26,27)14-15-5-2-1-3-6-15/h1-8H,9-14H2. The zero-order valence-corrected chi connectivity index (χ0v) is 16.3. The number of hydrogen-bond acceptors (Lipinski definition) is 7. The quantitative estimate of drug-likeness (QED) is 0.484. The molecule has 29 heavy (non-hydrogen) atoms. The van der Waals surface area contributed by atoms with Crippen molar-refractivity contribution in [3.8, 4) is 5.75 Å². The second-order valence-electron chi connectivity index (χ2n) is 6.39. The average molecular weight is 420 g/mol. The molecule has 0 saturated carbocycles. The van der Waals surface area contributed by atoms with E-state index in [1.807, 2.05) is 6.07 Å². The summed E-state index contributed by atoms with van der Waals surface area (Å²) in [6, 6.07) is 11.7. The van der Waals surface area contributed by atoms with Crippen LogP contribution in [-0.4, -0.2) is 66.2 Å². The first-order valence-corrected chi connectivity index (χ1v) is 10.5. The number of nitrogens with zero attached hydrogens (tertiary/aromatic N) is 4. The Hall–Kier alpha value is -3.05. The molecule has 0 N–H and O–H groups in total. The van der Waals surface area contributed by atoms with E-state index in [1.165, 1.54) is 27.5 Å². The van der Waals surface area contributed by atoms with Crippen molar-refractivity contribution >= 4 is 21.7 Å². The number of amides is 1. The van der Waals surface area contributed by atoms with Crippen LogP contribution in [0.4, 0.5) is 5.82 Å². The molecule has 10 nitrogen and oxygen atoms in total. The molecule has 0 atom stereocenters. The van der Waals surface area contributed by atoms with Crippen molar-refractivity contribution in [1.82, 2.24) is 14.2 Å². The summed E-state index contributed by atoms with van der Waals surface area (Å²) in [5, 5.41) is 10.9. The second kappa shape index (κ2) is 8.97. The zero-order chi connectivity index (χ0) is 20.9. The van der Waals surface area contributed by atoms with Crippen LogP contribution >= 0.6 is 0 Å². The minimum atomic E-state index is -3.48. The molecule has 1 aromatic heterocycles. The van der Waals surface area contributed by atoms with E-state index in [0.717, 1.165) is 0 Å². The van der Waals surface area contributed by atoms with Gasteiger partial charge in [-0.15, -0.1) is 0 Å². The average Bonchev–Trinajstić information content (AvgIpc) is 2.72. The number of carbonyl (C=O) groups is 1. The Balaban J connectivity index is 1.53. The van der Waals surface area contributed by atoms with E-state index >= 15 is 0 Å². The van der Waals surface area contributed by atoms with Gasteiger partial charge in [-0.25, -0.2) is 8.42 Å². The molecule has 0 radical (unpaired) electrons. The molecule has 2 heterocycles. The molecule has 2 aromatic rings. The molecule has 1 saturated heterocycles. The predicted octanol–water partition coefficient (Wildman–Crippen LogP) is 1.04. The first-order valence-electron chi connectivity index (χ1n) is 8.88. The Bertz CT molecular complexity index is 975. The predicted molar refractivity (Wildman–Crippen MR) is 104 cm³/mol. The molecule has 11 heteroatoms. The Morgan fingerprint density at radius 2 is 1.79 bits per heavy atom. The minimum Gasteiger partial charge on any atom is -0.476 e. The maximum absolute atomic E-state index is 12.6. The molecule has 1 amide bonds. The summed E-state index contributed by atoms with van der Waals surface area (Å²) in [5.74, 6) is -1.01. The fourth-order valence-corrected chi connectivity index (χ4v) is 4.47. The number of nitro groups is 1. The number of carbonyl (C=O) groups excluding carboxylic acids is 1. The van der Waals surface area contributed by atoms with Gasteiger partial charge >= 0.3 is 5.82 Å². The number of hydrogen-bond donors (Lipinski definition) is 0. The largest absolute Gasteiger partial charge is 0.476 e. The molecule has 154 valence electrons. The van der Waals surface area contributed by atoms with Gasteiger partial charge in [-0.05, 0) is 27.6 Å². The Morgan fingerprint density at radius 1 is 1.10 bits per heavy atom. The number of rotatable bonds is 7. The minimum absolute atomic E-state index is 0.0877. The molecular formula is C18H20N4O6S. The lowest BCUT2D eigenvalue weighted by Crippen LogP contribution is -2.51. The fourth-order valence-electron chi connectivity index (χ4n) is 2.95. The Morgan fingerprint density at radius 3 is 2.45 bits per heavy atom. The van der Waals surface area contributed by atoms with Crippen molar-refractivity contribution in [1.29, 1.82) is 0 Å². The molecule has 3 rings (SSSR count). The molecule has 1 aromatic carbocycles. The molecule has 1 aliphatic heterocycles. The van der Waals surface area contributed by atoms with Crippen molar-refractivity contribution in [2.45, 2.75) is 5.75 Å². The van der Waals surface area contributed by atoms with Gasteiger partial charge in [0.2, 0.25) is 15.8 Å². The first-order chi connectivity index (χ1) is 13.9. The fraction of sp³-hybridized carbons (Fsp3) is 0.333. The third kappa shape index (κ3) is 5.27. The monoisotopic (exact) mass is 420 g/mol. The molecule has 0 aliphatic carbocycles. The summed E-state index contributed by atoms with van der Waals surface area (Å²) in [7, 11) is -3.48. The summed E-state index contributed by atoms with van der Waals surface area (Å²) in [4.78, 5) is 27.7. The van der Waals surface area contributed by atoms with E-state index in [0.29, 0.717) is 5.56 Å². The van der Waals surface area contributed by atoms with Crippen LogP contribution in [0, 0.1) is 10.1 Å². The molecule has 1 fully saturated rings. The topological polar surface area (TPSA) is 123 Å². The van der Waals surface area contributed by atoms with E-state index in [2.05, 4.69) is 4.98 Å². The highest BCUT2D eigenvalue weighted by Crippen LogP contribution is 2.23. The molecule has 0 spiro atoms. The third-order valence-electron chi connectivity index (χ3n) is 4.45. The highest BCUT2D eigenvalue weighted by atomic mass is 32.2. The van der Waals surface area contributed by atoms with E-state index in [9.17, 15) is 23.3 Å². The SMILES string of the molecule is O=C(COc1cccnc1[N+](=O)[O-])N1CCN(S(=O)(=O)Cc2ccccc2)CC1.